The highest BCUT2D eigenvalue weighted by Gasteiger charge is 2.34. The predicted molar refractivity (Wildman–Crippen MR) is 111 cm³/mol. The minimum atomic E-state index is -3.84. The van der Waals surface area contributed by atoms with Crippen LogP contribution in [0.25, 0.3) is 0 Å². The molecule has 0 unspecified atom stereocenters. The van der Waals surface area contributed by atoms with Crippen LogP contribution >= 0.6 is 34.8 Å². The van der Waals surface area contributed by atoms with Gasteiger partial charge in [0, 0.05) is 29.7 Å². The van der Waals surface area contributed by atoms with Crippen LogP contribution in [0.3, 0.4) is 0 Å². The first kappa shape index (κ1) is 21.4. The lowest BCUT2D eigenvalue weighted by Crippen LogP contribution is -2.45. The van der Waals surface area contributed by atoms with Gasteiger partial charge in [-0.3, -0.25) is 4.79 Å². The number of halogens is 3. The molecule has 1 aliphatic heterocycles. The summed E-state index contributed by atoms with van der Waals surface area (Å²) in [5.74, 6) is -0.638. The number of benzene rings is 2. The van der Waals surface area contributed by atoms with E-state index in [1.807, 2.05) is 18.2 Å². The minimum Gasteiger partial charge on any atom is -0.352 e. The Morgan fingerprint density at radius 3 is 2.61 bits per heavy atom. The number of hydrogen-bond acceptors (Lipinski definition) is 3. The minimum absolute atomic E-state index is 0.0428. The van der Waals surface area contributed by atoms with E-state index in [1.165, 1.54) is 22.5 Å². The second-order valence-electron chi connectivity index (χ2n) is 6.59. The van der Waals surface area contributed by atoms with Crippen LogP contribution in [0.5, 0.6) is 0 Å². The van der Waals surface area contributed by atoms with Crippen molar-refractivity contribution >= 4 is 50.7 Å². The molecule has 0 spiro atoms. The molecule has 1 heterocycles. The average molecular weight is 462 g/mol. The molecule has 1 aliphatic rings. The van der Waals surface area contributed by atoms with Gasteiger partial charge in [-0.25, -0.2) is 8.42 Å². The molecule has 0 aliphatic carbocycles. The van der Waals surface area contributed by atoms with E-state index in [-0.39, 0.29) is 27.4 Å². The van der Waals surface area contributed by atoms with Crippen LogP contribution < -0.4 is 5.32 Å². The van der Waals surface area contributed by atoms with Gasteiger partial charge in [0.25, 0.3) is 0 Å². The lowest BCUT2D eigenvalue weighted by molar-refractivity contribution is -0.126. The molecule has 1 N–H and O–H groups in total. The zero-order valence-corrected chi connectivity index (χ0v) is 18.0. The van der Waals surface area contributed by atoms with Crippen molar-refractivity contribution in [2.24, 2.45) is 5.92 Å². The normalized spacial score (nSPS) is 18.0. The lowest BCUT2D eigenvalue weighted by Gasteiger charge is -2.31. The SMILES string of the molecule is O=C(NCc1ccccc1Cl)[C@@H]1CCCN(S(=O)(=O)c2cc(Cl)ccc2Cl)C1. The molecule has 2 aromatic rings. The summed E-state index contributed by atoms with van der Waals surface area (Å²) >= 11 is 18.1. The van der Waals surface area contributed by atoms with Crippen LogP contribution in [0.2, 0.25) is 15.1 Å². The molecule has 28 heavy (non-hydrogen) atoms. The van der Waals surface area contributed by atoms with Crippen molar-refractivity contribution in [1.82, 2.24) is 9.62 Å². The molecule has 5 nitrogen and oxygen atoms in total. The number of hydrogen-bond donors (Lipinski definition) is 1. The van der Waals surface area contributed by atoms with Crippen molar-refractivity contribution in [3.63, 3.8) is 0 Å². The van der Waals surface area contributed by atoms with Crippen LogP contribution in [0.15, 0.2) is 47.4 Å². The Morgan fingerprint density at radius 2 is 1.86 bits per heavy atom. The number of nitrogens with zero attached hydrogens (tertiary/aromatic N) is 1. The zero-order valence-electron chi connectivity index (χ0n) is 14.9. The first-order valence-electron chi connectivity index (χ1n) is 8.75. The van der Waals surface area contributed by atoms with Crippen LogP contribution in [0, 0.1) is 5.92 Å². The van der Waals surface area contributed by atoms with Crippen molar-refractivity contribution < 1.29 is 13.2 Å². The third-order valence-electron chi connectivity index (χ3n) is 4.68. The molecule has 150 valence electrons. The van der Waals surface area contributed by atoms with Crippen molar-refractivity contribution in [1.29, 1.82) is 0 Å². The van der Waals surface area contributed by atoms with Crippen molar-refractivity contribution in [3.05, 3.63) is 63.1 Å². The first-order chi connectivity index (χ1) is 13.3. The van der Waals surface area contributed by atoms with E-state index in [1.54, 1.807) is 6.07 Å². The lowest BCUT2D eigenvalue weighted by atomic mass is 9.99. The van der Waals surface area contributed by atoms with Crippen LogP contribution in [-0.4, -0.2) is 31.7 Å². The predicted octanol–water partition coefficient (Wildman–Crippen LogP) is 4.36. The summed E-state index contributed by atoms with van der Waals surface area (Å²) in [4.78, 5) is 12.5. The highest BCUT2D eigenvalue weighted by Crippen LogP contribution is 2.30. The Hall–Kier alpha value is -1.31. The number of piperidine rings is 1. The monoisotopic (exact) mass is 460 g/mol. The first-order valence-corrected chi connectivity index (χ1v) is 11.3. The average Bonchev–Trinajstić information content (AvgIpc) is 2.69. The molecule has 1 amide bonds. The van der Waals surface area contributed by atoms with Gasteiger partial charge >= 0.3 is 0 Å². The van der Waals surface area contributed by atoms with Crippen molar-refractivity contribution in [2.45, 2.75) is 24.3 Å². The van der Waals surface area contributed by atoms with E-state index in [0.717, 1.165) is 5.56 Å². The second kappa shape index (κ2) is 9.01. The summed E-state index contributed by atoms with van der Waals surface area (Å²) in [7, 11) is -3.84. The molecule has 1 saturated heterocycles. The quantitative estimate of drug-likeness (QED) is 0.719. The third-order valence-corrected chi connectivity index (χ3v) is 7.63. The number of carbonyl (C=O) groups excluding carboxylic acids is 1. The van der Waals surface area contributed by atoms with Gasteiger partial charge in [-0.15, -0.1) is 0 Å². The molecule has 0 radical (unpaired) electrons. The topological polar surface area (TPSA) is 66.5 Å². The zero-order chi connectivity index (χ0) is 20.3. The van der Waals surface area contributed by atoms with Gasteiger partial charge in [-0.05, 0) is 42.7 Å². The fraction of sp³-hybridized carbons (Fsp3) is 0.316. The maximum Gasteiger partial charge on any atom is 0.244 e. The molecular weight excluding hydrogens is 443 g/mol. The van der Waals surface area contributed by atoms with E-state index in [9.17, 15) is 13.2 Å². The van der Waals surface area contributed by atoms with Gasteiger partial charge < -0.3 is 5.32 Å². The number of sulfonamides is 1. The Balaban J connectivity index is 1.70. The van der Waals surface area contributed by atoms with E-state index < -0.39 is 15.9 Å². The van der Waals surface area contributed by atoms with Gasteiger partial charge in [0.05, 0.1) is 10.9 Å². The van der Waals surface area contributed by atoms with Crippen LogP contribution in [0.1, 0.15) is 18.4 Å². The summed E-state index contributed by atoms with van der Waals surface area (Å²) in [6, 6.07) is 11.6. The van der Waals surface area contributed by atoms with E-state index in [4.69, 9.17) is 34.8 Å². The molecule has 1 atom stereocenters. The Bertz CT molecular complexity index is 982. The number of nitrogens with one attached hydrogen (secondary N) is 1. The molecular formula is C19H19Cl3N2O3S. The fourth-order valence-corrected chi connectivity index (χ4v) is 5.62. The smallest absolute Gasteiger partial charge is 0.244 e. The maximum atomic E-state index is 13.0. The summed E-state index contributed by atoms with van der Waals surface area (Å²) in [6.45, 7) is 0.723. The fourth-order valence-electron chi connectivity index (χ4n) is 3.16. The Morgan fingerprint density at radius 1 is 1.11 bits per heavy atom. The molecule has 2 aromatic carbocycles. The highest BCUT2D eigenvalue weighted by molar-refractivity contribution is 7.89. The van der Waals surface area contributed by atoms with Gasteiger partial charge in [0.1, 0.15) is 4.90 Å². The number of amides is 1. The summed E-state index contributed by atoms with van der Waals surface area (Å²) in [6.07, 6.45) is 1.20. The number of carbonyl (C=O) groups is 1. The molecule has 0 bridgehead atoms. The molecule has 0 aromatic heterocycles. The van der Waals surface area contributed by atoms with E-state index >= 15 is 0 Å². The summed E-state index contributed by atoms with van der Waals surface area (Å²) in [5.41, 5.74) is 0.809. The Labute approximate surface area is 179 Å². The van der Waals surface area contributed by atoms with Crippen LogP contribution in [0.4, 0.5) is 0 Å². The molecule has 3 rings (SSSR count). The molecule has 9 heteroatoms. The van der Waals surface area contributed by atoms with Gasteiger partial charge in [-0.2, -0.15) is 4.31 Å². The maximum absolute atomic E-state index is 13.0. The van der Waals surface area contributed by atoms with E-state index in [2.05, 4.69) is 5.32 Å². The third kappa shape index (κ3) is 4.81. The summed E-state index contributed by atoms with van der Waals surface area (Å²) < 4.78 is 27.3. The van der Waals surface area contributed by atoms with Gasteiger partial charge in [-0.1, -0.05) is 53.0 Å². The standard InChI is InChI=1S/C19H19Cl3N2O3S/c20-15-7-8-17(22)18(10-15)28(26,27)24-9-3-5-14(12-24)19(25)23-11-13-4-1-2-6-16(13)21/h1-2,4,6-8,10,14H,3,5,9,11-12H2,(H,23,25)/t14-/m1/s1. The van der Waals surface area contributed by atoms with Gasteiger partial charge in [0.15, 0.2) is 0 Å². The molecule has 0 saturated carbocycles. The van der Waals surface area contributed by atoms with Crippen molar-refractivity contribution in [2.75, 3.05) is 13.1 Å². The molecule has 1 fully saturated rings. The van der Waals surface area contributed by atoms with Gasteiger partial charge in [0.2, 0.25) is 15.9 Å². The van der Waals surface area contributed by atoms with Crippen molar-refractivity contribution in [3.8, 4) is 0 Å². The van der Waals surface area contributed by atoms with Crippen LogP contribution in [-0.2, 0) is 21.4 Å². The van der Waals surface area contributed by atoms with E-state index in [0.29, 0.717) is 31.0 Å². The Kier molecular flexibility index (Phi) is 6.89. The number of rotatable bonds is 5. The second-order valence-corrected chi connectivity index (χ2v) is 9.74. The highest BCUT2D eigenvalue weighted by atomic mass is 35.5. The summed E-state index contributed by atoms with van der Waals surface area (Å²) in [5, 5.41) is 3.82. The largest absolute Gasteiger partial charge is 0.352 e.